The standard InChI is InChI=1S/C16H23ClFN/c1-2-12-4-3-7-16(9-12,11-19)10-13-5-6-14(17)8-15(13)18/h5-6,8,12H,2-4,7,9-11,19H2,1H3. The van der Waals surface area contributed by atoms with Crippen LogP contribution in [0.15, 0.2) is 18.2 Å². The first-order valence-corrected chi connectivity index (χ1v) is 7.60. The van der Waals surface area contributed by atoms with Gasteiger partial charge in [0.05, 0.1) is 0 Å². The second-order valence-electron chi connectivity index (χ2n) is 5.99. The Morgan fingerprint density at radius 1 is 1.47 bits per heavy atom. The minimum absolute atomic E-state index is 0.0770. The quantitative estimate of drug-likeness (QED) is 0.861. The molecule has 1 aliphatic rings. The monoisotopic (exact) mass is 283 g/mol. The van der Waals surface area contributed by atoms with Crippen molar-refractivity contribution in [3.8, 4) is 0 Å². The maximum absolute atomic E-state index is 14.0. The first kappa shape index (κ1) is 14.8. The van der Waals surface area contributed by atoms with Gasteiger partial charge < -0.3 is 5.73 Å². The largest absolute Gasteiger partial charge is 0.330 e. The average molecular weight is 284 g/mol. The molecule has 1 fully saturated rings. The number of halogens is 2. The summed E-state index contributed by atoms with van der Waals surface area (Å²) in [5, 5.41) is 0.457. The van der Waals surface area contributed by atoms with Gasteiger partial charge in [0.25, 0.3) is 0 Å². The Morgan fingerprint density at radius 2 is 2.26 bits per heavy atom. The van der Waals surface area contributed by atoms with Gasteiger partial charge in [0.2, 0.25) is 0 Å². The topological polar surface area (TPSA) is 26.0 Å². The van der Waals surface area contributed by atoms with Gasteiger partial charge in [-0.25, -0.2) is 4.39 Å². The molecule has 0 amide bonds. The summed E-state index contributed by atoms with van der Waals surface area (Å²) < 4.78 is 14.0. The Hall–Kier alpha value is -0.600. The van der Waals surface area contributed by atoms with E-state index in [4.69, 9.17) is 17.3 Å². The molecule has 106 valence electrons. The molecule has 0 aliphatic heterocycles. The van der Waals surface area contributed by atoms with E-state index in [1.807, 2.05) is 6.07 Å². The van der Waals surface area contributed by atoms with Gasteiger partial charge in [-0.3, -0.25) is 0 Å². The smallest absolute Gasteiger partial charge is 0.127 e. The SMILES string of the molecule is CCC1CCCC(CN)(Cc2ccc(Cl)cc2F)C1. The van der Waals surface area contributed by atoms with E-state index >= 15 is 0 Å². The summed E-state index contributed by atoms with van der Waals surface area (Å²) in [4.78, 5) is 0. The lowest BCUT2D eigenvalue weighted by atomic mass is 9.66. The Balaban J connectivity index is 2.17. The zero-order chi connectivity index (χ0) is 13.9. The molecule has 3 heteroatoms. The molecule has 0 aromatic heterocycles. The van der Waals surface area contributed by atoms with Crippen molar-refractivity contribution in [3.05, 3.63) is 34.6 Å². The minimum atomic E-state index is -0.195. The maximum atomic E-state index is 14.0. The highest BCUT2D eigenvalue weighted by molar-refractivity contribution is 6.30. The van der Waals surface area contributed by atoms with Crippen LogP contribution >= 0.6 is 11.6 Å². The zero-order valence-corrected chi connectivity index (χ0v) is 12.3. The first-order valence-electron chi connectivity index (χ1n) is 7.22. The van der Waals surface area contributed by atoms with E-state index in [9.17, 15) is 4.39 Å². The van der Waals surface area contributed by atoms with Gasteiger partial charge in [-0.15, -0.1) is 0 Å². The molecule has 1 aliphatic carbocycles. The summed E-state index contributed by atoms with van der Waals surface area (Å²) in [6.07, 6.45) is 6.68. The number of hydrogen-bond acceptors (Lipinski definition) is 1. The van der Waals surface area contributed by atoms with Crippen molar-refractivity contribution in [2.45, 2.75) is 45.4 Å². The molecule has 1 aromatic carbocycles. The normalized spacial score (nSPS) is 27.5. The Labute approximate surface area is 120 Å². The molecular weight excluding hydrogens is 261 g/mol. The third-order valence-corrected chi connectivity index (χ3v) is 4.87. The Bertz CT molecular complexity index is 435. The van der Waals surface area contributed by atoms with Crippen molar-refractivity contribution in [1.82, 2.24) is 0 Å². The van der Waals surface area contributed by atoms with E-state index in [-0.39, 0.29) is 11.2 Å². The number of hydrogen-bond donors (Lipinski definition) is 1. The van der Waals surface area contributed by atoms with Crippen LogP contribution in [-0.2, 0) is 6.42 Å². The van der Waals surface area contributed by atoms with E-state index in [0.717, 1.165) is 30.7 Å². The van der Waals surface area contributed by atoms with Crippen molar-refractivity contribution >= 4 is 11.6 Å². The van der Waals surface area contributed by atoms with Gasteiger partial charge >= 0.3 is 0 Å². The minimum Gasteiger partial charge on any atom is -0.330 e. The fourth-order valence-corrected chi connectivity index (χ4v) is 3.58. The van der Waals surface area contributed by atoms with Crippen LogP contribution < -0.4 is 5.73 Å². The van der Waals surface area contributed by atoms with Crippen LogP contribution in [0.3, 0.4) is 0 Å². The molecule has 1 saturated carbocycles. The Kier molecular flexibility index (Phi) is 4.86. The average Bonchev–Trinajstić information content (AvgIpc) is 2.42. The number of benzene rings is 1. The van der Waals surface area contributed by atoms with Crippen LogP contribution in [0.1, 0.15) is 44.6 Å². The molecule has 0 saturated heterocycles. The highest BCUT2D eigenvalue weighted by atomic mass is 35.5. The van der Waals surface area contributed by atoms with Gasteiger partial charge in [-0.2, -0.15) is 0 Å². The molecule has 0 heterocycles. The van der Waals surface area contributed by atoms with E-state index in [0.29, 0.717) is 11.6 Å². The number of rotatable bonds is 4. The molecule has 0 radical (unpaired) electrons. The van der Waals surface area contributed by atoms with Gasteiger partial charge in [-0.1, -0.05) is 43.9 Å². The highest BCUT2D eigenvalue weighted by Crippen LogP contribution is 2.42. The molecule has 0 bridgehead atoms. The van der Waals surface area contributed by atoms with Gasteiger partial charge in [-0.05, 0) is 54.8 Å². The molecule has 2 unspecified atom stereocenters. The molecule has 2 rings (SSSR count). The van der Waals surface area contributed by atoms with Crippen LogP contribution in [0.25, 0.3) is 0 Å². The molecule has 2 atom stereocenters. The molecule has 19 heavy (non-hydrogen) atoms. The van der Waals surface area contributed by atoms with Crippen LogP contribution in [-0.4, -0.2) is 6.54 Å². The third-order valence-electron chi connectivity index (χ3n) is 4.63. The molecule has 1 aromatic rings. The summed E-state index contributed by atoms with van der Waals surface area (Å²) in [5.41, 5.74) is 6.87. The summed E-state index contributed by atoms with van der Waals surface area (Å²) in [6.45, 7) is 2.88. The molecular formula is C16H23ClFN. The summed E-state index contributed by atoms with van der Waals surface area (Å²) in [5.74, 6) is 0.548. The van der Waals surface area contributed by atoms with Gasteiger partial charge in [0.15, 0.2) is 0 Å². The zero-order valence-electron chi connectivity index (χ0n) is 11.6. The number of nitrogens with two attached hydrogens (primary N) is 1. The third kappa shape index (κ3) is 3.49. The fourth-order valence-electron chi connectivity index (χ4n) is 3.42. The second-order valence-corrected chi connectivity index (χ2v) is 6.42. The lowest BCUT2D eigenvalue weighted by molar-refractivity contribution is 0.141. The molecule has 2 N–H and O–H groups in total. The predicted octanol–water partition coefficient (Wildman–Crippen LogP) is 4.57. The highest BCUT2D eigenvalue weighted by Gasteiger charge is 2.35. The van der Waals surface area contributed by atoms with E-state index in [1.165, 1.54) is 25.3 Å². The summed E-state index contributed by atoms with van der Waals surface area (Å²) >= 11 is 5.81. The van der Waals surface area contributed by atoms with Crippen LogP contribution in [0.5, 0.6) is 0 Å². The summed E-state index contributed by atoms with van der Waals surface area (Å²) in [7, 11) is 0. The van der Waals surface area contributed by atoms with Gasteiger partial charge in [0, 0.05) is 5.02 Å². The van der Waals surface area contributed by atoms with E-state index in [1.54, 1.807) is 6.07 Å². The Morgan fingerprint density at radius 3 is 2.89 bits per heavy atom. The van der Waals surface area contributed by atoms with Crippen molar-refractivity contribution < 1.29 is 4.39 Å². The van der Waals surface area contributed by atoms with E-state index < -0.39 is 0 Å². The molecule has 1 nitrogen and oxygen atoms in total. The maximum Gasteiger partial charge on any atom is 0.127 e. The van der Waals surface area contributed by atoms with E-state index in [2.05, 4.69) is 6.92 Å². The van der Waals surface area contributed by atoms with Crippen LogP contribution in [0, 0.1) is 17.2 Å². The van der Waals surface area contributed by atoms with Crippen LogP contribution in [0.2, 0.25) is 5.02 Å². The predicted molar refractivity (Wildman–Crippen MR) is 78.9 cm³/mol. The lowest BCUT2D eigenvalue weighted by Gasteiger charge is -2.40. The van der Waals surface area contributed by atoms with Crippen molar-refractivity contribution in [2.24, 2.45) is 17.1 Å². The second kappa shape index (κ2) is 6.23. The van der Waals surface area contributed by atoms with Crippen molar-refractivity contribution in [2.75, 3.05) is 6.54 Å². The first-order chi connectivity index (χ1) is 9.08. The summed E-state index contributed by atoms with van der Waals surface area (Å²) in [6, 6.07) is 4.98. The lowest BCUT2D eigenvalue weighted by Crippen LogP contribution is -2.38. The molecule has 0 spiro atoms. The fraction of sp³-hybridized carbons (Fsp3) is 0.625. The van der Waals surface area contributed by atoms with Gasteiger partial charge in [0.1, 0.15) is 5.82 Å². The van der Waals surface area contributed by atoms with Crippen LogP contribution in [0.4, 0.5) is 4.39 Å². The van der Waals surface area contributed by atoms with Crippen molar-refractivity contribution in [1.29, 1.82) is 0 Å². The van der Waals surface area contributed by atoms with Crippen molar-refractivity contribution in [3.63, 3.8) is 0 Å².